The molecule has 7 heteroatoms. The summed E-state index contributed by atoms with van der Waals surface area (Å²) in [7, 11) is 0. The monoisotopic (exact) mass is 343 g/mol. The number of carbonyl (C=O) groups is 1. The van der Waals surface area contributed by atoms with E-state index in [4.69, 9.17) is 0 Å². The maximum atomic E-state index is 12.9. The highest BCUT2D eigenvalue weighted by atomic mass is 19.4. The third-order valence-corrected chi connectivity index (χ3v) is 5.44. The number of aromatic nitrogens is 2. The van der Waals surface area contributed by atoms with Crippen molar-refractivity contribution in [2.75, 3.05) is 0 Å². The predicted molar refractivity (Wildman–Crippen MR) is 83.3 cm³/mol. The van der Waals surface area contributed by atoms with Crippen molar-refractivity contribution < 1.29 is 18.0 Å². The number of alkyl halides is 3. The van der Waals surface area contributed by atoms with Crippen LogP contribution in [0.5, 0.6) is 0 Å². The molecule has 0 aromatic carbocycles. The van der Waals surface area contributed by atoms with Crippen LogP contribution in [0.1, 0.15) is 63.3 Å². The largest absolute Gasteiger partial charge is 0.435 e. The molecule has 3 atom stereocenters. The molecule has 2 saturated carbocycles. The first-order valence-electron chi connectivity index (χ1n) is 8.70. The summed E-state index contributed by atoms with van der Waals surface area (Å²) >= 11 is 0. The summed E-state index contributed by atoms with van der Waals surface area (Å²) < 4.78 is 39.9. The Balaban J connectivity index is 1.69. The summed E-state index contributed by atoms with van der Waals surface area (Å²) in [5, 5.41) is 6.64. The summed E-state index contributed by atoms with van der Waals surface area (Å²) in [6, 6.07) is 1.19. The molecule has 2 fully saturated rings. The lowest BCUT2D eigenvalue weighted by Crippen LogP contribution is -2.45. The Morgan fingerprint density at radius 1 is 1.29 bits per heavy atom. The molecule has 1 aromatic rings. The highest BCUT2D eigenvalue weighted by Crippen LogP contribution is 2.42. The zero-order valence-electron chi connectivity index (χ0n) is 14.1. The minimum Gasteiger partial charge on any atom is -0.351 e. The molecule has 0 aliphatic heterocycles. The molecule has 134 valence electrons. The number of halogens is 3. The molecule has 1 aromatic heterocycles. The number of rotatable bonds is 4. The summed E-state index contributed by atoms with van der Waals surface area (Å²) in [5.74, 6) is 0.788. The van der Waals surface area contributed by atoms with E-state index >= 15 is 0 Å². The summed E-state index contributed by atoms with van der Waals surface area (Å²) in [6.45, 7) is 4.16. The SMILES string of the molecule is C[C@@H]1[C@@H](C)CCC[C@H]1NC(=O)Cn1nc(C(F)(F)F)cc1C1CC1. The van der Waals surface area contributed by atoms with Gasteiger partial charge in [0.05, 0.1) is 0 Å². The Labute approximate surface area is 139 Å². The van der Waals surface area contributed by atoms with Crippen molar-refractivity contribution >= 4 is 5.91 Å². The fraction of sp³-hybridized carbons (Fsp3) is 0.765. The molecule has 1 heterocycles. The zero-order valence-corrected chi connectivity index (χ0v) is 14.1. The van der Waals surface area contributed by atoms with E-state index < -0.39 is 11.9 Å². The molecule has 1 amide bonds. The lowest BCUT2D eigenvalue weighted by molar-refractivity contribution is -0.141. The van der Waals surface area contributed by atoms with Gasteiger partial charge in [-0.25, -0.2) is 0 Å². The molecule has 0 unspecified atom stereocenters. The molecular formula is C17H24F3N3O. The number of hydrogen-bond acceptors (Lipinski definition) is 2. The van der Waals surface area contributed by atoms with Crippen LogP contribution in [0, 0.1) is 11.8 Å². The topological polar surface area (TPSA) is 46.9 Å². The van der Waals surface area contributed by atoms with Crippen LogP contribution in [0.4, 0.5) is 13.2 Å². The fourth-order valence-electron chi connectivity index (χ4n) is 3.58. The molecule has 0 bridgehead atoms. The first kappa shape index (κ1) is 17.3. The van der Waals surface area contributed by atoms with Gasteiger partial charge in [-0.05, 0) is 37.2 Å². The van der Waals surface area contributed by atoms with E-state index in [1.54, 1.807) is 0 Å². The second-order valence-electron chi connectivity index (χ2n) is 7.33. The first-order valence-corrected chi connectivity index (χ1v) is 8.70. The standard InChI is InChI=1S/C17H24F3N3O/c1-10-4-3-5-13(11(10)2)21-16(24)9-23-14(12-6-7-12)8-15(22-23)17(18,19)20/h8,10-13H,3-7,9H2,1-2H3,(H,21,24)/t10-,11+,13+/m0/s1. The van der Waals surface area contributed by atoms with Crippen molar-refractivity contribution in [3.63, 3.8) is 0 Å². The van der Waals surface area contributed by atoms with Crippen LogP contribution in [0.3, 0.4) is 0 Å². The molecule has 3 rings (SSSR count). The minimum atomic E-state index is -4.47. The molecule has 0 saturated heterocycles. The van der Waals surface area contributed by atoms with Gasteiger partial charge in [-0.3, -0.25) is 9.48 Å². The van der Waals surface area contributed by atoms with Crippen LogP contribution < -0.4 is 5.32 Å². The Morgan fingerprint density at radius 2 is 2.00 bits per heavy atom. The van der Waals surface area contributed by atoms with Crippen molar-refractivity contribution in [3.8, 4) is 0 Å². The van der Waals surface area contributed by atoms with Crippen molar-refractivity contribution in [3.05, 3.63) is 17.5 Å². The van der Waals surface area contributed by atoms with E-state index in [2.05, 4.69) is 24.3 Å². The Hall–Kier alpha value is -1.53. The normalized spacial score (nSPS) is 28.0. The van der Waals surface area contributed by atoms with E-state index in [0.717, 1.165) is 38.2 Å². The molecule has 24 heavy (non-hydrogen) atoms. The van der Waals surface area contributed by atoms with Gasteiger partial charge < -0.3 is 5.32 Å². The molecule has 0 radical (unpaired) electrons. The molecule has 0 spiro atoms. The molecule has 4 nitrogen and oxygen atoms in total. The number of hydrogen-bond donors (Lipinski definition) is 1. The summed E-state index contributed by atoms with van der Waals surface area (Å²) in [4.78, 5) is 12.3. The predicted octanol–water partition coefficient (Wildman–Crippen LogP) is 3.72. The Morgan fingerprint density at radius 3 is 2.62 bits per heavy atom. The Bertz CT molecular complexity index is 607. The lowest BCUT2D eigenvalue weighted by atomic mass is 9.78. The van der Waals surface area contributed by atoms with E-state index in [-0.39, 0.29) is 24.4 Å². The van der Waals surface area contributed by atoms with Gasteiger partial charge in [0.15, 0.2) is 5.69 Å². The van der Waals surface area contributed by atoms with Gasteiger partial charge in [-0.15, -0.1) is 0 Å². The molecule has 2 aliphatic rings. The summed E-state index contributed by atoms with van der Waals surface area (Å²) in [5.41, 5.74) is -0.376. The van der Waals surface area contributed by atoms with E-state index in [0.29, 0.717) is 17.5 Å². The van der Waals surface area contributed by atoms with Crippen LogP contribution in [0.25, 0.3) is 0 Å². The van der Waals surface area contributed by atoms with Gasteiger partial charge in [-0.1, -0.05) is 26.7 Å². The quantitative estimate of drug-likeness (QED) is 0.906. The molecular weight excluding hydrogens is 319 g/mol. The highest BCUT2D eigenvalue weighted by molar-refractivity contribution is 5.76. The second kappa shape index (κ2) is 6.41. The van der Waals surface area contributed by atoms with Crippen LogP contribution in [0.15, 0.2) is 6.07 Å². The number of amides is 1. The summed E-state index contributed by atoms with van der Waals surface area (Å²) in [6.07, 6.45) is 0.416. The van der Waals surface area contributed by atoms with Crippen LogP contribution in [-0.4, -0.2) is 21.7 Å². The average Bonchev–Trinajstić information content (AvgIpc) is 3.24. The Kier molecular flexibility index (Phi) is 4.62. The first-order chi connectivity index (χ1) is 11.3. The zero-order chi connectivity index (χ0) is 17.5. The van der Waals surface area contributed by atoms with Crippen molar-refractivity contribution in [1.82, 2.24) is 15.1 Å². The smallest absolute Gasteiger partial charge is 0.351 e. The van der Waals surface area contributed by atoms with Gasteiger partial charge in [0.2, 0.25) is 5.91 Å². The van der Waals surface area contributed by atoms with E-state index in [9.17, 15) is 18.0 Å². The number of nitrogens with one attached hydrogen (secondary N) is 1. The molecule has 2 aliphatic carbocycles. The van der Waals surface area contributed by atoms with Crippen molar-refractivity contribution in [2.24, 2.45) is 11.8 Å². The van der Waals surface area contributed by atoms with Gasteiger partial charge in [0.1, 0.15) is 6.54 Å². The van der Waals surface area contributed by atoms with Crippen LogP contribution >= 0.6 is 0 Å². The fourth-order valence-corrected chi connectivity index (χ4v) is 3.58. The van der Waals surface area contributed by atoms with Crippen LogP contribution in [-0.2, 0) is 17.5 Å². The van der Waals surface area contributed by atoms with E-state index in [1.807, 2.05) is 0 Å². The maximum Gasteiger partial charge on any atom is 0.435 e. The second-order valence-corrected chi connectivity index (χ2v) is 7.33. The van der Waals surface area contributed by atoms with Crippen molar-refractivity contribution in [2.45, 2.75) is 70.6 Å². The third-order valence-electron chi connectivity index (χ3n) is 5.44. The van der Waals surface area contributed by atoms with Gasteiger partial charge >= 0.3 is 6.18 Å². The minimum absolute atomic E-state index is 0.100. The van der Waals surface area contributed by atoms with Gasteiger partial charge in [0, 0.05) is 17.7 Å². The third kappa shape index (κ3) is 3.75. The van der Waals surface area contributed by atoms with Gasteiger partial charge in [-0.2, -0.15) is 18.3 Å². The van der Waals surface area contributed by atoms with Crippen LogP contribution in [0.2, 0.25) is 0 Å². The lowest BCUT2D eigenvalue weighted by Gasteiger charge is -2.34. The average molecular weight is 343 g/mol. The van der Waals surface area contributed by atoms with Gasteiger partial charge in [0.25, 0.3) is 0 Å². The molecule has 1 N–H and O–H groups in total. The maximum absolute atomic E-state index is 12.9. The number of nitrogens with zero attached hydrogens (tertiary/aromatic N) is 2. The highest BCUT2D eigenvalue weighted by Gasteiger charge is 2.38. The van der Waals surface area contributed by atoms with Crippen molar-refractivity contribution in [1.29, 1.82) is 0 Å². The van der Waals surface area contributed by atoms with E-state index in [1.165, 1.54) is 4.68 Å². The number of carbonyl (C=O) groups excluding carboxylic acids is 1.